The van der Waals surface area contributed by atoms with E-state index in [0.717, 1.165) is 19.2 Å². The normalized spacial score (nSPS) is 26.1. The summed E-state index contributed by atoms with van der Waals surface area (Å²) in [6.07, 6.45) is 3.63. The van der Waals surface area contributed by atoms with E-state index in [1.165, 1.54) is 0 Å². The number of rotatable bonds is 10. The van der Waals surface area contributed by atoms with E-state index < -0.39 is 29.1 Å². The second-order valence-corrected chi connectivity index (χ2v) is 12.8. The minimum absolute atomic E-state index is 0.155. The molecule has 0 aromatic carbocycles. The van der Waals surface area contributed by atoms with Crippen molar-refractivity contribution in [2.75, 3.05) is 0 Å². The monoisotopic (exact) mass is 510 g/mol. The quantitative estimate of drug-likeness (QED) is 0.291. The summed E-state index contributed by atoms with van der Waals surface area (Å²) in [5, 5.41) is 15.7. The molecule has 1 heterocycles. The first-order valence-corrected chi connectivity index (χ1v) is 13.3. The summed E-state index contributed by atoms with van der Waals surface area (Å²) >= 11 is 0. The van der Waals surface area contributed by atoms with Gasteiger partial charge < -0.3 is 29.8 Å². The third kappa shape index (κ3) is 7.84. The van der Waals surface area contributed by atoms with E-state index in [4.69, 9.17) is 14.0 Å². The third-order valence-electron chi connectivity index (χ3n) is 7.68. The maximum atomic E-state index is 13.0. The second kappa shape index (κ2) is 11.3. The minimum atomic E-state index is -0.861. The van der Waals surface area contributed by atoms with Gasteiger partial charge in [-0.15, -0.1) is 0 Å². The number of aliphatic carboxylic acids is 1. The van der Waals surface area contributed by atoms with Gasteiger partial charge in [-0.2, -0.15) is 0 Å². The number of carboxylic acid groups (broad SMARTS) is 1. The molecule has 1 aliphatic heterocycles. The number of unbranched alkanes of at least 4 members (excludes halogenated alkanes) is 1. The van der Waals surface area contributed by atoms with Crippen molar-refractivity contribution in [3.05, 3.63) is 0 Å². The number of hydrogen-bond donors (Lipinski definition) is 3. The fraction of sp³-hybridized carbons (Fsp3) is 0.885. The average Bonchev–Trinajstić information content (AvgIpc) is 3.19. The smallest absolute Gasteiger partial charge is 0.457 e. The highest BCUT2D eigenvalue weighted by molar-refractivity contribution is 6.45. The molecular formula is C26H47BN2O7. The highest BCUT2D eigenvalue weighted by atomic mass is 16.7. The zero-order chi connectivity index (χ0) is 27.5. The Kier molecular flexibility index (Phi) is 9.54. The van der Waals surface area contributed by atoms with Gasteiger partial charge in [-0.25, -0.2) is 4.79 Å². The summed E-state index contributed by atoms with van der Waals surface area (Å²) in [5.74, 6) is -1.29. The Morgan fingerprint density at radius 3 is 2.17 bits per heavy atom. The summed E-state index contributed by atoms with van der Waals surface area (Å²) in [6.45, 7) is 17.1. The van der Waals surface area contributed by atoms with Gasteiger partial charge in [-0.3, -0.25) is 9.59 Å². The number of hydrogen-bond acceptors (Lipinski definition) is 6. The highest BCUT2D eigenvalue weighted by Gasteiger charge is 2.51. The molecule has 10 heteroatoms. The number of carbonyl (C=O) groups excluding carboxylic acids is 2. The van der Waals surface area contributed by atoms with Crippen LogP contribution >= 0.6 is 0 Å². The van der Waals surface area contributed by atoms with Crippen molar-refractivity contribution in [2.24, 2.45) is 11.3 Å². The van der Waals surface area contributed by atoms with Crippen LogP contribution in [0.3, 0.4) is 0 Å². The van der Waals surface area contributed by atoms with Gasteiger partial charge in [-0.05, 0) is 86.4 Å². The zero-order valence-electron chi connectivity index (χ0n) is 23.7. The van der Waals surface area contributed by atoms with Gasteiger partial charge in [0.05, 0.1) is 16.6 Å². The molecule has 0 aromatic heterocycles. The van der Waals surface area contributed by atoms with Crippen molar-refractivity contribution >= 4 is 25.1 Å². The van der Waals surface area contributed by atoms with E-state index in [0.29, 0.717) is 25.7 Å². The van der Waals surface area contributed by atoms with Crippen LogP contribution in [0.2, 0.25) is 6.32 Å². The lowest BCUT2D eigenvalue weighted by Gasteiger charge is -2.32. The standard InChI is InChI=1S/C26H47BN2O7/c1-17(2)19(29-22(33)34-23(3,4)5)20(30)28-18-12-14-26(16-18,21(31)32)13-10-11-15-27-35-24(6,7)25(8,9)36-27/h17-19H,10-16H2,1-9H3,(H,28,30)(H,29,33)(H,31,32)/t18-,19-,26+/m0/s1. The van der Waals surface area contributed by atoms with Gasteiger partial charge in [0.1, 0.15) is 11.6 Å². The summed E-state index contributed by atoms with van der Waals surface area (Å²) < 4.78 is 17.4. The van der Waals surface area contributed by atoms with Crippen LogP contribution in [0.4, 0.5) is 4.79 Å². The molecule has 2 rings (SSSR count). The molecular weight excluding hydrogens is 463 g/mol. The highest BCUT2D eigenvalue weighted by Crippen LogP contribution is 2.43. The average molecular weight is 510 g/mol. The van der Waals surface area contributed by atoms with E-state index in [9.17, 15) is 19.5 Å². The largest absolute Gasteiger partial charge is 0.481 e. The molecule has 206 valence electrons. The van der Waals surface area contributed by atoms with E-state index in [1.807, 2.05) is 41.5 Å². The van der Waals surface area contributed by atoms with Gasteiger partial charge in [0.25, 0.3) is 0 Å². The molecule has 1 saturated heterocycles. The van der Waals surface area contributed by atoms with Gasteiger partial charge in [0.15, 0.2) is 0 Å². The number of nitrogens with one attached hydrogen (secondary N) is 2. The van der Waals surface area contributed by atoms with Gasteiger partial charge in [0, 0.05) is 6.04 Å². The Hall–Kier alpha value is -1.81. The summed E-state index contributed by atoms with van der Waals surface area (Å²) in [7, 11) is -0.281. The molecule has 0 spiro atoms. The molecule has 1 saturated carbocycles. The van der Waals surface area contributed by atoms with Crippen molar-refractivity contribution in [3.8, 4) is 0 Å². The topological polar surface area (TPSA) is 123 Å². The lowest BCUT2D eigenvalue weighted by atomic mass is 9.77. The maximum absolute atomic E-state index is 13.0. The molecule has 36 heavy (non-hydrogen) atoms. The summed E-state index contributed by atoms with van der Waals surface area (Å²) in [5.41, 5.74) is -2.27. The van der Waals surface area contributed by atoms with Crippen LogP contribution in [-0.2, 0) is 23.6 Å². The minimum Gasteiger partial charge on any atom is -0.481 e. The van der Waals surface area contributed by atoms with E-state index in [1.54, 1.807) is 20.8 Å². The van der Waals surface area contributed by atoms with Crippen molar-refractivity contribution in [3.63, 3.8) is 0 Å². The number of carbonyl (C=O) groups is 3. The van der Waals surface area contributed by atoms with Crippen molar-refractivity contribution in [1.82, 2.24) is 10.6 Å². The predicted molar refractivity (Wildman–Crippen MR) is 139 cm³/mol. The molecule has 1 aliphatic carbocycles. The molecule has 2 amide bonds. The first-order valence-electron chi connectivity index (χ1n) is 13.3. The SMILES string of the molecule is CC(C)[C@H](NC(=O)OC(C)(C)C)C(=O)N[C@H]1CC[C@@](CCCCB2OC(C)(C)C(C)(C)O2)(C(=O)O)C1. The van der Waals surface area contributed by atoms with Gasteiger partial charge in [-0.1, -0.05) is 26.7 Å². The number of ether oxygens (including phenoxy) is 1. The summed E-state index contributed by atoms with van der Waals surface area (Å²) in [6, 6.07) is -1.02. The molecule has 3 N–H and O–H groups in total. The van der Waals surface area contributed by atoms with Gasteiger partial charge >= 0.3 is 19.2 Å². The lowest BCUT2D eigenvalue weighted by molar-refractivity contribution is -0.149. The first-order chi connectivity index (χ1) is 16.4. The molecule has 0 bridgehead atoms. The van der Waals surface area contributed by atoms with Crippen LogP contribution in [0.25, 0.3) is 0 Å². The maximum Gasteiger partial charge on any atom is 0.457 e. The first kappa shape index (κ1) is 30.4. The molecule has 2 aliphatic rings. The van der Waals surface area contributed by atoms with Gasteiger partial charge in [0.2, 0.25) is 5.91 Å². The lowest BCUT2D eigenvalue weighted by Crippen LogP contribution is -2.52. The number of alkyl carbamates (subject to hydrolysis) is 1. The van der Waals surface area contributed by atoms with Crippen LogP contribution in [0.1, 0.15) is 101 Å². The second-order valence-electron chi connectivity index (χ2n) is 12.8. The molecule has 0 radical (unpaired) electrons. The van der Waals surface area contributed by atoms with Crippen LogP contribution in [0.5, 0.6) is 0 Å². The Morgan fingerprint density at radius 2 is 1.67 bits per heavy atom. The predicted octanol–water partition coefficient (Wildman–Crippen LogP) is 4.54. The van der Waals surface area contributed by atoms with Crippen LogP contribution in [0, 0.1) is 11.3 Å². The number of carboxylic acids is 1. The Morgan fingerprint density at radius 1 is 1.08 bits per heavy atom. The van der Waals surface area contributed by atoms with E-state index in [-0.39, 0.29) is 36.2 Å². The van der Waals surface area contributed by atoms with Crippen LogP contribution in [0.15, 0.2) is 0 Å². The Balaban J connectivity index is 1.88. The Labute approximate surface area is 216 Å². The third-order valence-corrected chi connectivity index (χ3v) is 7.68. The zero-order valence-corrected chi connectivity index (χ0v) is 23.7. The summed E-state index contributed by atoms with van der Waals surface area (Å²) in [4.78, 5) is 37.5. The molecule has 9 nitrogen and oxygen atoms in total. The number of amides is 2. The van der Waals surface area contributed by atoms with Crippen molar-refractivity contribution in [2.45, 2.75) is 136 Å². The van der Waals surface area contributed by atoms with Crippen molar-refractivity contribution in [1.29, 1.82) is 0 Å². The van der Waals surface area contributed by atoms with Crippen molar-refractivity contribution < 1.29 is 33.5 Å². The van der Waals surface area contributed by atoms with Crippen LogP contribution in [-0.4, -0.2) is 59.1 Å². The van der Waals surface area contributed by atoms with E-state index >= 15 is 0 Å². The van der Waals surface area contributed by atoms with Crippen LogP contribution < -0.4 is 10.6 Å². The Bertz CT molecular complexity index is 793. The molecule has 2 fully saturated rings. The fourth-order valence-corrected chi connectivity index (χ4v) is 4.90. The fourth-order valence-electron chi connectivity index (χ4n) is 4.90. The molecule has 3 atom stereocenters. The van der Waals surface area contributed by atoms with E-state index in [2.05, 4.69) is 10.6 Å². The molecule has 0 unspecified atom stereocenters. The molecule has 0 aromatic rings.